The van der Waals surface area contributed by atoms with Crippen LogP contribution in [-0.4, -0.2) is 78.3 Å². The van der Waals surface area contributed by atoms with E-state index >= 15 is 0 Å². The Labute approximate surface area is 207 Å². The van der Waals surface area contributed by atoms with Gasteiger partial charge in [-0.2, -0.15) is 0 Å². The SMILES string of the molecule is C[Si](C)(C)OC(=O)C1O[C@H](O[Si](C)(C)C)C(O[Si](C)(C)C)C(O[Si](C)(C)C)[C@@H]1O[Si](C)(C)C. The van der Waals surface area contributed by atoms with Crippen LogP contribution in [0.4, 0.5) is 0 Å². The van der Waals surface area contributed by atoms with Crippen molar-refractivity contribution in [3.05, 3.63) is 0 Å². The molecule has 12 heteroatoms. The molecule has 3 unspecified atom stereocenters. The van der Waals surface area contributed by atoms with E-state index in [1.807, 2.05) is 19.6 Å². The molecule has 1 fully saturated rings. The second-order valence-electron chi connectivity index (χ2n) is 13.8. The van der Waals surface area contributed by atoms with Crippen LogP contribution in [0.1, 0.15) is 0 Å². The van der Waals surface area contributed by atoms with E-state index in [0.717, 1.165) is 0 Å². The van der Waals surface area contributed by atoms with E-state index in [1.165, 1.54) is 0 Å². The minimum absolute atomic E-state index is 0.391. The maximum absolute atomic E-state index is 13.4. The molecule has 0 N–H and O–H groups in total. The number of rotatable bonds is 10. The summed E-state index contributed by atoms with van der Waals surface area (Å²) in [4.78, 5) is 13.4. The molecule has 1 rings (SSSR count). The van der Waals surface area contributed by atoms with Gasteiger partial charge >= 0.3 is 5.97 Å². The largest absolute Gasteiger partial charge is 0.518 e. The van der Waals surface area contributed by atoms with Gasteiger partial charge < -0.3 is 26.9 Å². The zero-order valence-corrected chi connectivity index (χ0v) is 28.7. The molecule has 1 aliphatic heterocycles. The zero-order valence-electron chi connectivity index (χ0n) is 23.7. The van der Waals surface area contributed by atoms with Gasteiger partial charge in [0.1, 0.15) is 18.3 Å². The zero-order chi connectivity index (χ0) is 26.2. The molecule has 0 aromatic carbocycles. The summed E-state index contributed by atoms with van der Waals surface area (Å²) in [6.07, 6.45) is -3.22. The summed E-state index contributed by atoms with van der Waals surface area (Å²) in [5.41, 5.74) is 0. The van der Waals surface area contributed by atoms with E-state index in [-0.39, 0.29) is 0 Å². The molecule has 5 atom stereocenters. The Balaban J connectivity index is 3.62. The highest BCUT2D eigenvalue weighted by molar-refractivity contribution is 6.72. The fraction of sp³-hybridized carbons (Fsp3) is 0.952. The standard InChI is InChI=1S/C21H50O7Si5/c1-29(2,3)24-16-17(25-30(4,5)6)19(26-31(7,8)9)21(28-33(13,14)15)23-18(16)20(22)27-32(10,11)12/h16-19,21H,1-15H3/t16-,17?,18?,19?,21+/m0/s1. The first-order valence-corrected chi connectivity index (χ1v) is 29.0. The van der Waals surface area contributed by atoms with Gasteiger partial charge in [0.15, 0.2) is 45.7 Å². The highest BCUT2D eigenvalue weighted by Crippen LogP contribution is 2.35. The van der Waals surface area contributed by atoms with E-state index in [0.29, 0.717) is 0 Å². The number of carbonyl (C=O) groups excluding carboxylic acids is 1. The third-order valence-electron chi connectivity index (χ3n) is 4.07. The van der Waals surface area contributed by atoms with Crippen LogP contribution in [0, 0.1) is 0 Å². The summed E-state index contributed by atoms with van der Waals surface area (Å²) in [7, 11) is -10.3. The van der Waals surface area contributed by atoms with Crippen molar-refractivity contribution in [2.75, 3.05) is 0 Å². The molecule has 196 valence electrons. The molecular weight excluding hydrogens is 505 g/mol. The van der Waals surface area contributed by atoms with Crippen molar-refractivity contribution in [2.45, 2.75) is 129 Å². The lowest BCUT2D eigenvalue weighted by atomic mass is 9.99. The van der Waals surface area contributed by atoms with E-state index < -0.39 is 78.3 Å². The quantitative estimate of drug-likeness (QED) is 0.325. The minimum Gasteiger partial charge on any atom is -0.518 e. The molecule has 0 spiro atoms. The Morgan fingerprint density at radius 1 is 0.515 bits per heavy atom. The molecule has 0 aliphatic carbocycles. The Morgan fingerprint density at radius 2 is 0.879 bits per heavy atom. The van der Waals surface area contributed by atoms with Crippen LogP contribution in [0.15, 0.2) is 0 Å². The van der Waals surface area contributed by atoms with Crippen LogP contribution in [0.3, 0.4) is 0 Å². The Bertz CT molecular complexity index is 656. The van der Waals surface area contributed by atoms with Crippen molar-refractivity contribution in [3.8, 4) is 0 Å². The molecular formula is C21H50O7Si5. The predicted octanol–water partition coefficient (Wildman–Crippen LogP) is 5.60. The Hall–Kier alpha value is 0.354. The Morgan fingerprint density at radius 3 is 1.24 bits per heavy atom. The summed E-state index contributed by atoms with van der Waals surface area (Å²) < 4.78 is 38.8. The average molecular weight is 555 g/mol. The van der Waals surface area contributed by atoms with Gasteiger partial charge in [-0.15, -0.1) is 0 Å². The lowest BCUT2D eigenvalue weighted by molar-refractivity contribution is -0.262. The summed E-state index contributed by atoms with van der Waals surface area (Å²) in [5, 5.41) is 0. The molecule has 0 aromatic heterocycles. The molecule has 0 aromatic rings. The fourth-order valence-corrected chi connectivity index (χ4v) is 8.24. The van der Waals surface area contributed by atoms with Gasteiger partial charge in [-0.25, -0.2) is 0 Å². The van der Waals surface area contributed by atoms with Crippen LogP contribution in [0.5, 0.6) is 0 Å². The van der Waals surface area contributed by atoms with Gasteiger partial charge in [0.05, 0.1) is 0 Å². The maximum atomic E-state index is 13.4. The molecule has 7 nitrogen and oxygen atoms in total. The highest BCUT2D eigenvalue weighted by atomic mass is 28.4. The van der Waals surface area contributed by atoms with Crippen molar-refractivity contribution in [1.29, 1.82) is 0 Å². The monoisotopic (exact) mass is 554 g/mol. The fourth-order valence-electron chi connectivity index (χ4n) is 3.42. The van der Waals surface area contributed by atoms with Gasteiger partial charge in [0.2, 0.25) is 8.32 Å². The summed E-state index contributed by atoms with van der Waals surface area (Å²) >= 11 is 0. The maximum Gasteiger partial charge on any atom is 0.324 e. The number of ether oxygens (including phenoxy) is 1. The van der Waals surface area contributed by atoms with Crippen molar-refractivity contribution >= 4 is 47.6 Å². The summed E-state index contributed by atoms with van der Waals surface area (Å²) in [6.45, 7) is 31.5. The van der Waals surface area contributed by atoms with Crippen LogP contribution in [-0.2, 0) is 31.7 Å². The van der Waals surface area contributed by atoms with Crippen molar-refractivity contribution in [3.63, 3.8) is 0 Å². The van der Waals surface area contributed by atoms with E-state index in [1.54, 1.807) is 0 Å². The van der Waals surface area contributed by atoms with Crippen molar-refractivity contribution in [1.82, 2.24) is 0 Å². The molecule has 0 amide bonds. The first-order valence-electron chi connectivity index (χ1n) is 12.0. The Kier molecular flexibility index (Phi) is 10.2. The second kappa shape index (κ2) is 10.8. The van der Waals surface area contributed by atoms with E-state index in [4.69, 9.17) is 26.9 Å². The first-order chi connectivity index (χ1) is 14.4. The molecule has 0 radical (unpaired) electrons. The third-order valence-corrected chi connectivity index (χ3v) is 8.76. The van der Waals surface area contributed by atoms with Crippen molar-refractivity contribution in [2.24, 2.45) is 0 Å². The summed E-state index contributed by atoms with van der Waals surface area (Å²) in [5.74, 6) is -0.391. The minimum atomic E-state index is -2.15. The van der Waals surface area contributed by atoms with Crippen LogP contribution >= 0.6 is 0 Å². The number of hydrogen-bond acceptors (Lipinski definition) is 7. The molecule has 0 bridgehead atoms. The molecule has 0 saturated carbocycles. The molecule has 1 aliphatic rings. The second-order valence-corrected chi connectivity index (χ2v) is 36.0. The lowest BCUT2D eigenvalue weighted by Crippen LogP contribution is -2.68. The van der Waals surface area contributed by atoms with Gasteiger partial charge in [0.25, 0.3) is 0 Å². The normalized spacial score (nSPS) is 28.0. The number of carbonyl (C=O) groups is 1. The smallest absolute Gasteiger partial charge is 0.324 e. The predicted molar refractivity (Wildman–Crippen MR) is 147 cm³/mol. The van der Waals surface area contributed by atoms with Crippen LogP contribution in [0.25, 0.3) is 0 Å². The summed E-state index contributed by atoms with van der Waals surface area (Å²) in [6, 6.07) is 0. The number of hydrogen-bond donors (Lipinski definition) is 0. The average Bonchev–Trinajstić information content (AvgIpc) is 2.45. The molecule has 1 saturated heterocycles. The van der Waals surface area contributed by atoms with Crippen molar-refractivity contribution < 1.29 is 31.7 Å². The van der Waals surface area contributed by atoms with Gasteiger partial charge in [-0.05, 0) is 98.2 Å². The van der Waals surface area contributed by atoms with Crippen LogP contribution in [0.2, 0.25) is 98.2 Å². The first kappa shape index (κ1) is 31.4. The topological polar surface area (TPSA) is 72.5 Å². The van der Waals surface area contributed by atoms with Gasteiger partial charge in [-0.3, -0.25) is 4.79 Å². The molecule has 33 heavy (non-hydrogen) atoms. The lowest BCUT2D eigenvalue weighted by Gasteiger charge is -2.51. The van der Waals surface area contributed by atoms with Crippen LogP contribution < -0.4 is 0 Å². The van der Waals surface area contributed by atoms with E-state index in [9.17, 15) is 4.79 Å². The third kappa shape index (κ3) is 12.2. The van der Waals surface area contributed by atoms with Gasteiger partial charge in [-0.1, -0.05) is 0 Å². The van der Waals surface area contributed by atoms with E-state index in [2.05, 4.69) is 78.6 Å². The highest BCUT2D eigenvalue weighted by Gasteiger charge is 2.55. The van der Waals surface area contributed by atoms with Gasteiger partial charge in [0, 0.05) is 0 Å². The molecule has 1 heterocycles.